The number of carbonyl (C=O) groups is 11. The minimum Gasteiger partial charge on any atom is -0.412 e. The molecule has 1 aliphatic rings. The molecule has 0 aromatic carbocycles. The first kappa shape index (κ1) is 91.4. The van der Waals surface area contributed by atoms with Gasteiger partial charge >= 0.3 is 0 Å². The molecule has 1 heterocycles. The third-order valence-electron chi connectivity index (χ3n) is 19.1. The van der Waals surface area contributed by atoms with Gasteiger partial charge in [0.15, 0.2) is 19.4 Å². The molecule has 6 N–H and O–H groups in total. The van der Waals surface area contributed by atoms with E-state index in [0.29, 0.717) is 0 Å². The summed E-state index contributed by atoms with van der Waals surface area (Å²) >= 11 is -1.65. The molecule has 0 radical (unpaired) electrons. The highest BCUT2D eigenvalue weighted by molar-refractivity contribution is 7.79. The molecule has 0 aromatic rings. The van der Waals surface area contributed by atoms with E-state index in [1.807, 2.05) is 96.2 Å². The minimum absolute atomic E-state index is 0. The summed E-state index contributed by atoms with van der Waals surface area (Å²) in [6, 6.07) is -13.7. The molecule has 0 aliphatic carbocycles. The van der Waals surface area contributed by atoms with Crippen LogP contribution in [0.1, 0.15) is 178 Å². The zero-order valence-corrected chi connectivity index (χ0v) is 66.9. The lowest BCUT2D eigenvalue weighted by Crippen LogP contribution is -2.65. The van der Waals surface area contributed by atoms with Crippen LogP contribution in [-0.2, 0) is 72.4 Å². The van der Waals surface area contributed by atoms with Gasteiger partial charge in [-0.25, -0.2) is 4.21 Å². The normalized spacial score (nSPS) is 26.4. The van der Waals surface area contributed by atoms with Gasteiger partial charge in [0.1, 0.15) is 66.5 Å². The van der Waals surface area contributed by atoms with Crippen molar-refractivity contribution in [2.75, 3.05) is 62.2 Å². The molecule has 1 fully saturated rings. The first-order chi connectivity index (χ1) is 43.8. The Labute approximate surface area is 586 Å². The van der Waals surface area contributed by atoms with Crippen LogP contribution < -0.4 is 21.3 Å². The van der Waals surface area contributed by atoms with Gasteiger partial charge in [-0.2, -0.15) is 0 Å². The molecular weight excluding hydrogens is 1280 g/mol. The van der Waals surface area contributed by atoms with Crippen LogP contribution in [0.25, 0.3) is 0 Å². The van der Waals surface area contributed by atoms with Crippen molar-refractivity contribution in [2.24, 2.45) is 47.3 Å². The van der Waals surface area contributed by atoms with Crippen LogP contribution >= 0.6 is 0 Å². The molecule has 28 heteroatoms. The highest BCUT2D eigenvalue weighted by Gasteiger charge is 2.50. The molecule has 26 nitrogen and oxygen atoms in total. The number of rotatable bonds is 19. The fourth-order valence-electron chi connectivity index (χ4n) is 11.7. The summed E-state index contributed by atoms with van der Waals surface area (Å²) in [6.07, 6.45) is 1.05. The standard InChI is InChI=1S/C69H129N11O14SSi.H2O/c1-38(2)34-49-59(82)70-46(16)58(81)71-47(17)62(85)77(25)51(36-40(5)6)64(87)78(26)52(37-41(7)8)65(88)79(27)55(44(13)14)68(91)80(28)56(57(45(15)32-33-93-95(29)92)94-96(30,31)69(19,20)21)61(84)73-53(42(9)10)66(89)74(22)48(18)63(86)75(23)50(35-39(3)4)60(83)72-54(43(11)12)67(90)76(49)24;/h38-57H,32-37H2,1-31H3,(H,70,82)(H,71,81)(H,72,83)(H,73,84);1H2/t45-,46-,47+,48-,49-,50+,51-,52-,53-,54-,55-,56-,57-,95?;/m1./s1. The summed E-state index contributed by atoms with van der Waals surface area (Å²) < 4.78 is 25.1. The van der Waals surface area contributed by atoms with E-state index in [9.17, 15) is 33.0 Å². The Bertz CT molecular complexity index is 2690. The summed E-state index contributed by atoms with van der Waals surface area (Å²) in [5.41, 5.74) is 0. The van der Waals surface area contributed by atoms with Gasteiger partial charge in [0.05, 0.1) is 12.7 Å². The monoisotopic (exact) mass is 1410 g/mol. The lowest BCUT2D eigenvalue weighted by Gasteiger charge is -2.46. The maximum Gasteiger partial charge on any atom is 0.246 e. The third-order valence-corrected chi connectivity index (χ3v) is 24.0. The molecule has 97 heavy (non-hydrogen) atoms. The quantitative estimate of drug-likeness (QED) is 0.126. The largest absolute Gasteiger partial charge is 0.412 e. The van der Waals surface area contributed by atoms with Crippen molar-refractivity contribution in [3.63, 3.8) is 0 Å². The zero-order chi connectivity index (χ0) is 75.0. The number of hydrogen-bond acceptors (Lipinski definition) is 14. The highest BCUT2D eigenvalue weighted by Crippen LogP contribution is 2.40. The Morgan fingerprint density at radius 3 is 1.19 bits per heavy atom. The molecule has 1 aliphatic heterocycles. The molecule has 1 saturated heterocycles. The highest BCUT2D eigenvalue weighted by atomic mass is 32.2. The van der Waals surface area contributed by atoms with Gasteiger partial charge in [0, 0.05) is 55.6 Å². The number of amides is 11. The summed E-state index contributed by atoms with van der Waals surface area (Å²) in [5.74, 6) is -10.3. The maximum atomic E-state index is 15.9. The van der Waals surface area contributed by atoms with Gasteiger partial charge in [-0.15, -0.1) is 0 Å². The summed E-state index contributed by atoms with van der Waals surface area (Å²) in [6.45, 7) is 41.7. The van der Waals surface area contributed by atoms with Crippen molar-refractivity contribution in [1.82, 2.24) is 55.6 Å². The summed E-state index contributed by atoms with van der Waals surface area (Å²) in [7, 11) is 7.23. The molecule has 11 amide bonds. The first-order valence-electron chi connectivity index (χ1n) is 34.5. The van der Waals surface area contributed by atoms with E-state index in [2.05, 4.69) is 21.3 Å². The number of hydrogen-bond donors (Lipinski definition) is 4. The second kappa shape index (κ2) is 39.4. The molecular formula is C69H131N11O15SSi. The van der Waals surface area contributed by atoms with Crippen LogP contribution in [0, 0.1) is 47.3 Å². The van der Waals surface area contributed by atoms with E-state index < -0.39 is 186 Å². The average Bonchev–Trinajstić information content (AvgIpc) is 0.815. The Morgan fingerprint density at radius 1 is 0.433 bits per heavy atom. The van der Waals surface area contributed by atoms with E-state index in [1.54, 1.807) is 41.5 Å². The van der Waals surface area contributed by atoms with E-state index in [4.69, 9.17) is 8.61 Å². The van der Waals surface area contributed by atoms with E-state index in [1.165, 1.54) is 111 Å². The second-order valence-corrected chi connectivity index (χ2v) is 37.1. The Balaban J connectivity index is 0.0000922. The van der Waals surface area contributed by atoms with Crippen LogP contribution in [0.5, 0.6) is 0 Å². The van der Waals surface area contributed by atoms with Crippen molar-refractivity contribution in [1.29, 1.82) is 0 Å². The Morgan fingerprint density at radius 2 is 0.784 bits per heavy atom. The number of likely N-dealkylation sites (N-methyl/N-ethyl adjacent to an activating group) is 7. The van der Waals surface area contributed by atoms with Crippen LogP contribution in [0.3, 0.4) is 0 Å². The van der Waals surface area contributed by atoms with Gasteiger partial charge in [0.2, 0.25) is 65.0 Å². The van der Waals surface area contributed by atoms with Gasteiger partial charge in [-0.05, 0) is 118 Å². The minimum atomic E-state index is -2.92. The smallest absolute Gasteiger partial charge is 0.246 e. The molecule has 0 saturated carbocycles. The lowest BCUT2D eigenvalue weighted by molar-refractivity contribution is -0.157. The topological polar surface area (TPSA) is 326 Å². The SMILES string of the molecule is CC(C)C[C@@H]1C(=O)N(C)[C@H](CC(C)C)C(=O)N(C)[C@H](C(C)C)C(=O)N(C)[C@H]([C@H](O[Si](C)(C)C(C)(C)C)[C@H](C)CCOS(C)=O)C(=O)N[C@H](C(C)C)C(=O)N(C)[C@H](C)C(=O)N(C)[C@@H](CC(C)C)C(=O)N[C@H](C(C)C)C(=O)N(C)[C@H](CC(C)C)C(=O)N[C@H](C)C(=O)N[C@@H](C)C(=O)N1C.O. The van der Waals surface area contributed by atoms with Gasteiger partial charge in [-0.1, -0.05) is 125 Å². The van der Waals surface area contributed by atoms with E-state index in [-0.39, 0.29) is 67.9 Å². The Kier molecular flexibility index (Phi) is 37.2. The predicted octanol–water partition coefficient (Wildman–Crippen LogP) is 4.84. The van der Waals surface area contributed by atoms with Crippen molar-refractivity contribution < 1.29 is 71.0 Å². The van der Waals surface area contributed by atoms with Crippen molar-refractivity contribution in [2.45, 2.75) is 268 Å². The molecule has 1 unspecified atom stereocenters. The zero-order valence-electron chi connectivity index (χ0n) is 65.0. The average molecular weight is 1420 g/mol. The molecule has 562 valence electrons. The Hall–Kier alpha value is -5.58. The van der Waals surface area contributed by atoms with Crippen molar-refractivity contribution >= 4 is 84.4 Å². The third kappa shape index (κ3) is 25.5. The molecule has 1 rings (SSSR count). The van der Waals surface area contributed by atoms with Gasteiger partial charge < -0.3 is 65.5 Å². The van der Waals surface area contributed by atoms with Crippen LogP contribution in [0.4, 0.5) is 0 Å². The van der Waals surface area contributed by atoms with Gasteiger partial charge in [-0.3, -0.25) is 56.9 Å². The molecule has 0 spiro atoms. The fraction of sp³-hybridized carbons (Fsp3) is 0.841. The van der Waals surface area contributed by atoms with E-state index >= 15 is 24.0 Å². The van der Waals surface area contributed by atoms with Crippen LogP contribution in [0.15, 0.2) is 0 Å². The lowest BCUT2D eigenvalue weighted by atomic mass is 9.91. The van der Waals surface area contributed by atoms with Gasteiger partial charge in [0.25, 0.3) is 0 Å². The molecule has 0 aromatic heterocycles. The molecule has 0 bridgehead atoms. The van der Waals surface area contributed by atoms with Crippen LogP contribution in [0.2, 0.25) is 18.1 Å². The van der Waals surface area contributed by atoms with Crippen molar-refractivity contribution in [3.8, 4) is 0 Å². The number of nitrogens with one attached hydrogen (secondary N) is 4. The molecule has 14 atom stereocenters. The second-order valence-electron chi connectivity index (χ2n) is 31.3. The fourth-order valence-corrected chi connectivity index (χ4v) is 13.5. The van der Waals surface area contributed by atoms with E-state index in [0.717, 1.165) is 0 Å². The number of nitrogens with zero attached hydrogens (tertiary/aromatic N) is 7. The van der Waals surface area contributed by atoms with Crippen LogP contribution in [-0.4, -0.2) is 252 Å². The first-order valence-corrected chi connectivity index (χ1v) is 38.9. The predicted molar refractivity (Wildman–Crippen MR) is 382 cm³/mol. The number of carbonyl (C=O) groups excluding carboxylic acids is 11. The summed E-state index contributed by atoms with van der Waals surface area (Å²) in [4.78, 5) is 174. The van der Waals surface area contributed by atoms with Crippen molar-refractivity contribution in [3.05, 3.63) is 0 Å². The maximum absolute atomic E-state index is 15.9. The summed E-state index contributed by atoms with van der Waals surface area (Å²) in [5, 5.41) is 10.9.